The van der Waals surface area contributed by atoms with Crippen molar-refractivity contribution < 1.29 is 0 Å². The third kappa shape index (κ3) is 2.05. The second-order valence-corrected chi connectivity index (χ2v) is 3.35. The van der Waals surface area contributed by atoms with Crippen molar-refractivity contribution in [2.24, 2.45) is 7.05 Å². The van der Waals surface area contributed by atoms with Crippen molar-refractivity contribution in [1.29, 1.82) is 0 Å². The number of hydrogen-bond acceptors (Lipinski definition) is 3. The minimum absolute atomic E-state index is 0.104. The highest BCUT2D eigenvalue weighted by Crippen LogP contribution is 2.10. The van der Waals surface area contributed by atoms with Crippen LogP contribution in [-0.4, -0.2) is 9.55 Å². The van der Waals surface area contributed by atoms with Crippen LogP contribution in [0.15, 0.2) is 23.0 Å². The van der Waals surface area contributed by atoms with Gasteiger partial charge in [-0.15, -0.1) is 0 Å². The first-order chi connectivity index (χ1) is 7.59. The number of nitrogen functional groups attached to an aromatic ring is 1. The summed E-state index contributed by atoms with van der Waals surface area (Å²) in [4.78, 5) is 15.8. The Morgan fingerprint density at radius 1 is 1.31 bits per heavy atom. The number of anilines is 1. The molecule has 0 aliphatic carbocycles. The molecule has 4 heteroatoms. The predicted octanol–water partition coefficient (Wildman–Crippen LogP) is 1.85. The molecule has 0 saturated carbocycles. The van der Waals surface area contributed by atoms with E-state index in [4.69, 9.17) is 5.73 Å². The molecule has 16 heavy (non-hydrogen) atoms. The first kappa shape index (κ1) is 12.2. The molecule has 0 saturated heterocycles. The average molecular weight is 219 g/mol. The molecule has 2 N–H and O–H groups in total. The highest BCUT2D eigenvalue weighted by atomic mass is 16.1. The third-order valence-electron chi connectivity index (χ3n) is 2.27. The van der Waals surface area contributed by atoms with E-state index in [-0.39, 0.29) is 11.5 Å². The van der Waals surface area contributed by atoms with Crippen LogP contribution >= 0.6 is 0 Å². The third-order valence-corrected chi connectivity index (χ3v) is 2.27. The fourth-order valence-corrected chi connectivity index (χ4v) is 1.40. The van der Waals surface area contributed by atoms with Gasteiger partial charge in [-0.2, -0.15) is 0 Å². The second-order valence-electron chi connectivity index (χ2n) is 3.35. The van der Waals surface area contributed by atoms with E-state index in [0.717, 1.165) is 5.56 Å². The number of nitrogens with two attached hydrogens (primary N) is 1. The number of nitrogens with zero attached hydrogens (tertiary/aromatic N) is 2. The van der Waals surface area contributed by atoms with Crippen LogP contribution in [0, 0.1) is 6.92 Å². The van der Waals surface area contributed by atoms with Crippen molar-refractivity contribution in [1.82, 2.24) is 9.55 Å². The van der Waals surface area contributed by atoms with Crippen LogP contribution in [-0.2, 0) is 7.05 Å². The lowest BCUT2D eigenvalue weighted by Gasteiger charge is -2.04. The standard InChI is InChI=1S/C10H11N3O.C2H6/c1-6-3-4-7-8(5-6)12-10(11)13(2)9(7)14;1-2/h3-5H,1-2H3,(H2,11,12);1-2H3. The Morgan fingerprint density at radius 2 is 1.94 bits per heavy atom. The van der Waals surface area contributed by atoms with E-state index >= 15 is 0 Å². The van der Waals surface area contributed by atoms with E-state index in [1.54, 1.807) is 13.1 Å². The Morgan fingerprint density at radius 3 is 2.56 bits per heavy atom. The summed E-state index contributed by atoms with van der Waals surface area (Å²) < 4.78 is 1.34. The van der Waals surface area contributed by atoms with Crippen molar-refractivity contribution in [3.05, 3.63) is 34.1 Å². The molecule has 1 aromatic heterocycles. The van der Waals surface area contributed by atoms with Gasteiger partial charge in [0.05, 0.1) is 10.9 Å². The van der Waals surface area contributed by atoms with E-state index in [1.807, 2.05) is 32.9 Å². The summed E-state index contributed by atoms with van der Waals surface area (Å²) in [6, 6.07) is 5.52. The molecule has 1 heterocycles. The highest BCUT2D eigenvalue weighted by Gasteiger charge is 2.04. The van der Waals surface area contributed by atoms with Gasteiger partial charge in [-0.1, -0.05) is 19.9 Å². The largest absolute Gasteiger partial charge is 0.369 e. The number of hydrogen-bond donors (Lipinski definition) is 1. The van der Waals surface area contributed by atoms with E-state index in [9.17, 15) is 4.79 Å². The summed E-state index contributed by atoms with van der Waals surface area (Å²) in [5.74, 6) is 0.244. The molecule has 0 aliphatic rings. The fraction of sp³-hybridized carbons (Fsp3) is 0.333. The van der Waals surface area contributed by atoms with Crippen LogP contribution in [0.4, 0.5) is 5.95 Å². The number of aromatic nitrogens is 2. The van der Waals surface area contributed by atoms with Crippen LogP contribution in [0.2, 0.25) is 0 Å². The Bertz CT molecular complexity index is 558. The topological polar surface area (TPSA) is 60.9 Å². The van der Waals surface area contributed by atoms with E-state index in [2.05, 4.69) is 4.98 Å². The van der Waals surface area contributed by atoms with Gasteiger partial charge in [-0.25, -0.2) is 4.98 Å². The lowest BCUT2D eigenvalue weighted by atomic mass is 10.2. The zero-order chi connectivity index (χ0) is 12.3. The van der Waals surface area contributed by atoms with Gasteiger partial charge in [0.2, 0.25) is 5.95 Å². The van der Waals surface area contributed by atoms with Gasteiger partial charge in [0.1, 0.15) is 0 Å². The maximum atomic E-state index is 11.7. The molecular formula is C12H17N3O. The SMILES string of the molecule is CC.Cc1ccc2c(=O)n(C)c(N)nc2c1. The van der Waals surface area contributed by atoms with Crippen molar-refractivity contribution >= 4 is 16.9 Å². The van der Waals surface area contributed by atoms with Crippen LogP contribution in [0.1, 0.15) is 19.4 Å². The second kappa shape index (κ2) is 4.79. The first-order valence-electron chi connectivity index (χ1n) is 5.32. The first-order valence-corrected chi connectivity index (χ1v) is 5.32. The monoisotopic (exact) mass is 219 g/mol. The number of rotatable bonds is 0. The maximum Gasteiger partial charge on any atom is 0.262 e. The Hall–Kier alpha value is -1.84. The fourth-order valence-electron chi connectivity index (χ4n) is 1.40. The average Bonchev–Trinajstić information content (AvgIpc) is 2.28. The molecule has 86 valence electrons. The zero-order valence-corrected chi connectivity index (χ0v) is 10.1. The molecule has 0 bridgehead atoms. The van der Waals surface area contributed by atoms with Gasteiger partial charge in [-0.3, -0.25) is 9.36 Å². The summed E-state index contributed by atoms with van der Waals surface area (Å²) in [6.45, 7) is 5.95. The van der Waals surface area contributed by atoms with Gasteiger partial charge in [-0.05, 0) is 24.6 Å². The number of aryl methyl sites for hydroxylation is 1. The van der Waals surface area contributed by atoms with Crippen molar-refractivity contribution in [3.8, 4) is 0 Å². The maximum absolute atomic E-state index is 11.7. The Labute approximate surface area is 94.7 Å². The summed E-state index contributed by atoms with van der Waals surface area (Å²) >= 11 is 0. The molecule has 0 unspecified atom stereocenters. The van der Waals surface area contributed by atoms with Gasteiger partial charge in [0.15, 0.2) is 0 Å². The number of benzene rings is 1. The molecule has 0 radical (unpaired) electrons. The molecular weight excluding hydrogens is 202 g/mol. The summed E-state index contributed by atoms with van der Waals surface area (Å²) in [6.07, 6.45) is 0. The highest BCUT2D eigenvalue weighted by molar-refractivity contribution is 5.79. The van der Waals surface area contributed by atoms with E-state index < -0.39 is 0 Å². The molecule has 1 aromatic carbocycles. The van der Waals surface area contributed by atoms with Crippen LogP contribution in [0.5, 0.6) is 0 Å². The molecule has 0 fully saturated rings. The van der Waals surface area contributed by atoms with Crippen LogP contribution in [0.3, 0.4) is 0 Å². The van der Waals surface area contributed by atoms with Crippen LogP contribution < -0.4 is 11.3 Å². The van der Waals surface area contributed by atoms with E-state index in [1.165, 1.54) is 4.57 Å². The minimum Gasteiger partial charge on any atom is -0.369 e. The van der Waals surface area contributed by atoms with Gasteiger partial charge >= 0.3 is 0 Å². The van der Waals surface area contributed by atoms with Crippen molar-refractivity contribution in [2.75, 3.05) is 5.73 Å². The van der Waals surface area contributed by atoms with Crippen molar-refractivity contribution in [3.63, 3.8) is 0 Å². The Kier molecular flexibility index (Phi) is 3.66. The Balaban J connectivity index is 0.000000606. The van der Waals surface area contributed by atoms with Crippen molar-refractivity contribution in [2.45, 2.75) is 20.8 Å². The van der Waals surface area contributed by atoms with Crippen LogP contribution in [0.25, 0.3) is 10.9 Å². The molecule has 2 aromatic rings. The molecule has 0 spiro atoms. The minimum atomic E-state index is -0.104. The smallest absolute Gasteiger partial charge is 0.262 e. The normalized spacial score (nSPS) is 9.75. The molecule has 4 nitrogen and oxygen atoms in total. The summed E-state index contributed by atoms with van der Waals surface area (Å²) in [5.41, 5.74) is 7.21. The molecule has 0 atom stereocenters. The number of fused-ring (bicyclic) bond motifs is 1. The molecule has 2 rings (SSSR count). The zero-order valence-electron chi connectivity index (χ0n) is 10.1. The summed E-state index contributed by atoms with van der Waals surface area (Å²) in [7, 11) is 1.62. The quantitative estimate of drug-likeness (QED) is 0.735. The van der Waals surface area contributed by atoms with Gasteiger partial charge in [0, 0.05) is 7.05 Å². The molecule has 0 aliphatic heterocycles. The lowest BCUT2D eigenvalue weighted by Crippen LogP contribution is -2.21. The summed E-state index contributed by atoms with van der Waals surface area (Å²) in [5, 5.41) is 0.604. The predicted molar refractivity (Wildman–Crippen MR) is 67.5 cm³/mol. The van der Waals surface area contributed by atoms with E-state index in [0.29, 0.717) is 10.9 Å². The molecule has 0 amide bonds. The van der Waals surface area contributed by atoms with Gasteiger partial charge in [0.25, 0.3) is 5.56 Å². The van der Waals surface area contributed by atoms with Gasteiger partial charge < -0.3 is 5.73 Å². The lowest BCUT2D eigenvalue weighted by molar-refractivity contribution is 0.861.